The lowest BCUT2D eigenvalue weighted by Crippen LogP contribution is -2.39. The second-order valence-corrected chi connectivity index (χ2v) is 7.27. The number of aryl methyl sites for hydroxylation is 1. The van der Waals surface area contributed by atoms with Crippen LogP contribution in [0.15, 0.2) is 48.7 Å². The molecule has 3 aromatic rings. The van der Waals surface area contributed by atoms with E-state index in [9.17, 15) is 0 Å². The molecular formula is C20H22ClN3S. The Morgan fingerprint density at radius 3 is 2.72 bits per heavy atom. The van der Waals surface area contributed by atoms with Crippen molar-refractivity contribution < 1.29 is 0 Å². The summed E-state index contributed by atoms with van der Waals surface area (Å²) >= 11 is 11.9. The van der Waals surface area contributed by atoms with Crippen molar-refractivity contribution in [2.24, 2.45) is 0 Å². The number of nitrogens with zero attached hydrogens (tertiary/aromatic N) is 1. The molecule has 0 saturated carbocycles. The lowest BCUT2D eigenvalue weighted by Gasteiger charge is -2.29. The number of hydrogen-bond donors (Lipinski definition) is 2. The molecule has 0 radical (unpaired) electrons. The Labute approximate surface area is 159 Å². The van der Waals surface area contributed by atoms with Crippen LogP contribution in [0.1, 0.15) is 25.0 Å². The van der Waals surface area contributed by atoms with Crippen LogP contribution in [0.5, 0.6) is 0 Å². The first-order valence-electron chi connectivity index (χ1n) is 8.34. The Morgan fingerprint density at radius 1 is 1.24 bits per heavy atom. The van der Waals surface area contributed by atoms with Gasteiger partial charge >= 0.3 is 0 Å². The van der Waals surface area contributed by atoms with E-state index < -0.39 is 0 Å². The first-order chi connectivity index (χ1) is 12.0. The quantitative estimate of drug-likeness (QED) is 0.573. The summed E-state index contributed by atoms with van der Waals surface area (Å²) in [6.45, 7) is 7.02. The van der Waals surface area contributed by atoms with Gasteiger partial charge in [0, 0.05) is 40.4 Å². The van der Waals surface area contributed by atoms with Crippen molar-refractivity contribution in [1.82, 2.24) is 9.88 Å². The van der Waals surface area contributed by atoms with Crippen molar-refractivity contribution in [3.05, 3.63) is 64.8 Å². The zero-order valence-corrected chi connectivity index (χ0v) is 16.2. The molecule has 0 bridgehead atoms. The van der Waals surface area contributed by atoms with Crippen molar-refractivity contribution in [2.75, 3.05) is 5.32 Å². The zero-order chi connectivity index (χ0) is 18.0. The van der Waals surface area contributed by atoms with Gasteiger partial charge in [-0.05, 0) is 62.3 Å². The molecule has 0 aliphatic rings. The van der Waals surface area contributed by atoms with Crippen LogP contribution < -0.4 is 5.32 Å². The highest BCUT2D eigenvalue weighted by Crippen LogP contribution is 2.23. The number of aromatic nitrogens is 1. The van der Waals surface area contributed by atoms with Crippen molar-refractivity contribution in [3.63, 3.8) is 0 Å². The number of anilines is 1. The van der Waals surface area contributed by atoms with Gasteiger partial charge in [-0.1, -0.05) is 35.9 Å². The Kier molecular flexibility index (Phi) is 5.30. The minimum atomic E-state index is 0.273. The second kappa shape index (κ2) is 7.46. The fourth-order valence-electron chi connectivity index (χ4n) is 2.80. The van der Waals surface area contributed by atoms with Crippen molar-refractivity contribution in [3.8, 4) is 0 Å². The number of benzene rings is 2. The van der Waals surface area contributed by atoms with Crippen LogP contribution >= 0.6 is 23.8 Å². The molecule has 25 heavy (non-hydrogen) atoms. The maximum atomic E-state index is 6.22. The molecule has 0 aliphatic carbocycles. The average Bonchev–Trinajstić information content (AvgIpc) is 2.98. The molecule has 2 N–H and O–H groups in total. The fraction of sp³-hybridized carbons (Fsp3) is 0.250. The number of nitrogens with one attached hydrogen (secondary N) is 2. The molecule has 3 nitrogen and oxygen atoms in total. The SMILES string of the molecule is Cc1ccc(NC(=S)N(Cc2c[nH]c3ccccc23)C(C)C)cc1Cl. The van der Waals surface area contributed by atoms with Crippen molar-refractivity contribution in [2.45, 2.75) is 33.4 Å². The molecule has 1 aromatic heterocycles. The van der Waals surface area contributed by atoms with E-state index in [-0.39, 0.29) is 6.04 Å². The first-order valence-corrected chi connectivity index (χ1v) is 9.13. The van der Waals surface area contributed by atoms with E-state index in [1.54, 1.807) is 0 Å². The predicted octanol–water partition coefficient (Wildman–Crippen LogP) is 5.74. The first kappa shape index (κ1) is 17.8. The van der Waals surface area contributed by atoms with E-state index in [2.05, 4.69) is 53.4 Å². The summed E-state index contributed by atoms with van der Waals surface area (Å²) in [4.78, 5) is 5.51. The van der Waals surface area contributed by atoms with Gasteiger partial charge in [0.2, 0.25) is 0 Å². The highest BCUT2D eigenvalue weighted by atomic mass is 35.5. The molecular weight excluding hydrogens is 350 g/mol. The minimum Gasteiger partial charge on any atom is -0.361 e. The van der Waals surface area contributed by atoms with E-state index in [4.69, 9.17) is 23.8 Å². The Bertz CT molecular complexity index is 901. The van der Waals surface area contributed by atoms with Gasteiger partial charge in [-0.15, -0.1) is 0 Å². The molecule has 3 rings (SSSR count). The van der Waals surface area contributed by atoms with Crippen LogP contribution in [0.3, 0.4) is 0 Å². The van der Waals surface area contributed by atoms with Crippen LogP contribution in [0.2, 0.25) is 5.02 Å². The normalized spacial score (nSPS) is 11.1. The third-order valence-corrected chi connectivity index (χ3v) is 5.07. The molecule has 0 spiro atoms. The van der Waals surface area contributed by atoms with Crippen LogP contribution in [0.25, 0.3) is 10.9 Å². The van der Waals surface area contributed by atoms with Gasteiger partial charge in [0.15, 0.2) is 5.11 Å². The number of aromatic amines is 1. The number of thiocarbonyl (C=S) groups is 1. The standard InChI is InChI=1S/C20H22ClN3S/c1-13(2)24(12-15-11-22-19-7-5-4-6-17(15)19)20(25)23-16-9-8-14(3)18(21)10-16/h4-11,13,22H,12H2,1-3H3,(H,23,25). The van der Waals surface area contributed by atoms with Crippen LogP contribution in [0.4, 0.5) is 5.69 Å². The van der Waals surface area contributed by atoms with E-state index in [1.165, 1.54) is 10.9 Å². The topological polar surface area (TPSA) is 31.1 Å². The third kappa shape index (κ3) is 3.97. The fourth-order valence-corrected chi connectivity index (χ4v) is 3.37. The third-order valence-electron chi connectivity index (χ3n) is 4.32. The molecule has 0 unspecified atom stereocenters. The summed E-state index contributed by atoms with van der Waals surface area (Å²) in [5.41, 5.74) is 4.34. The molecule has 0 amide bonds. The lowest BCUT2D eigenvalue weighted by atomic mass is 10.1. The highest BCUT2D eigenvalue weighted by Gasteiger charge is 2.16. The number of H-pyrrole nitrogens is 1. The number of para-hydroxylation sites is 1. The molecule has 2 aromatic carbocycles. The van der Waals surface area contributed by atoms with Crippen molar-refractivity contribution >= 4 is 45.5 Å². The predicted molar refractivity (Wildman–Crippen MR) is 111 cm³/mol. The smallest absolute Gasteiger partial charge is 0.173 e. The van der Waals surface area contributed by atoms with Gasteiger partial charge < -0.3 is 15.2 Å². The number of fused-ring (bicyclic) bond motifs is 1. The van der Waals surface area contributed by atoms with Gasteiger partial charge in [0.05, 0.1) is 0 Å². The Morgan fingerprint density at radius 2 is 2.00 bits per heavy atom. The second-order valence-electron chi connectivity index (χ2n) is 6.48. The number of halogens is 1. The highest BCUT2D eigenvalue weighted by molar-refractivity contribution is 7.80. The molecule has 0 fully saturated rings. The maximum Gasteiger partial charge on any atom is 0.173 e. The van der Waals surface area contributed by atoms with E-state index in [1.807, 2.05) is 31.2 Å². The van der Waals surface area contributed by atoms with Crippen molar-refractivity contribution in [1.29, 1.82) is 0 Å². The average molecular weight is 372 g/mol. The van der Waals surface area contributed by atoms with Crippen LogP contribution in [0, 0.1) is 6.92 Å². The number of hydrogen-bond acceptors (Lipinski definition) is 1. The molecule has 1 heterocycles. The van der Waals surface area contributed by atoms with Crippen LogP contribution in [-0.2, 0) is 6.54 Å². The van der Waals surface area contributed by atoms with Crippen LogP contribution in [-0.4, -0.2) is 21.0 Å². The van der Waals surface area contributed by atoms with Gasteiger partial charge in [0.25, 0.3) is 0 Å². The molecule has 0 saturated heterocycles. The van der Waals surface area contributed by atoms with E-state index in [0.717, 1.165) is 28.3 Å². The van der Waals surface area contributed by atoms with Gasteiger partial charge in [0.1, 0.15) is 0 Å². The summed E-state index contributed by atoms with van der Waals surface area (Å²) in [5, 5.41) is 5.98. The summed E-state index contributed by atoms with van der Waals surface area (Å²) in [6.07, 6.45) is 2.06. The summed E-state index contributed by atoms with van der Waals surface area (Å²) in [6, 6.07) is 14.5. The number of rotatable bonds is 4. The van der Waals surface area contributed by atoms with Gasteiger partial charge in [-0.2, -0.15) is 0 Å². The molecule has 5 heteroatoms. The Balaban J connectivity index is 1.80. The molecule has 0 atom stereocenters. The lowest BCUT2D eigenvalue weighted by molar-refractivity contribution is 0.349. The monoisotopic (exact) mass is 371 g/mol. The summed E-state index contributed by atoms with van der Waals surface area (Å²) < 4.78 is 0. The summed E-state index contributed by atoms with van der Waals surface area (Å²) in [5.74, 6) is 0. The van der Waals surface area contributed by atoms with E-state index in [0.29, 0.717) is 5.11 Å². The zero-order valence-electron chi connectivity index (χ0n) is 14.6. The van der Waals surface area contributed by atoms with E-state index >= 15 is 0 Å². The maximum absolute atomic E-state index is 6.22. The largest absolute Gasteiger partial charge is 0.361 e. The van der Waals surface area contributed by atoms with Gasteiger partial charge in [-0.25, -0.2) is 0 Å². The minimum absolute atomic E-state index is 0.273. The molecule has 130 valence electrons. The van der Waals surface area contributed by atoms with Gasteiger partial charge in [-0.3, -0.25) is 0 Å². The Hall–Kier alpha value is -2.04. The summed E-state index contributed by atoms with van der Waals surface area (Å²) in [7, 11) is 0. The molecule has 0 aliphatic heterocycles.